The van der Waals surface area contributed by atoms with E-state index in [1.165, 1.54) is 10.9 Å². The van der Waals surface area contributed by atoms with Gasteiger partial charge in [-0.1, -0.05) is 41.4 Å². The molecule has 0 unspecified atom stereocenters. The Bertz CT molecular complexity index is 610. The Kier molecular flexibility index (Phi) is 3.36. The molecule has 4 nitrogen and oxygen atoms in total. The first-order chi connectivity index (χ1) is 8.09. The Hall–Kier alpha value is -1.52. The lowest BCUT2D eigenvalue weighted by molar-refractivity contribution is 0.739. The van der Waals surface area contributed by atoms with Crippen molar-refractivity contribution in [3.8, 4) is 0 Å². The van der Waals surface area contributed by atoms with Crippen molar-refractivity contribution in [2.75, 3.05) is 5.73 Å². The molecule has 0 saturated heterocycles. The van der Waals surface area contributed by atoms with Crippen LogP contribution < -0.4 is 11.3 Å². The van der Waals surface area contributed by atoms with Gasteiger partial charge in [-0.05, 0) is 11.6 Å². The smallest absolute Gasteiger partial charge is 0.278 e. The predicted octanol–water partition coefficient (Wildman–Crippen LogP) is 2.18. The van der Waals surface area contributed by atoms with Gasteiger partial charge in [-0.15, -0.1) is 0 Å². The van der Waals surface area contributed by atoms with Crippen LogP contribution in [-0.2, 0) is 6.54 Å². The fraction of sp³-hybridized carbons (Fsp3) is 0.0909. The summed E-state index contributed by atoms with van der Waals surface area (Å²) >= 11 is 11.6. The van der Waals surface area contributed by atoms with Gasteiger partial charge in [0.1, 0.15) is 5.69 Å². The minimum Gasteiger partial charge on any atom is -0.392 e. The van der Waals surface area contributed by atoms with Crippen LogP contribution in [0.25, 0.3) is 0 Å². The molecule has 0 amide bonds. The molecule has 2 N–H and O–H groups in total. The summed E-state index contributed by atoms with van der Waals surface area (Å²) in [6.07, 6.45) is 1.35. The molecule has 1 heterocycles. The van der Waals surface area contributed by atoms with Gasteiger partial charge in [0, 0.05) is 5.02 Å². The van der Waals surface area contributed by atoms with Crippen LogP contribution in [0.4, 0.5) is 5.69 Å². The number of nitrogens with zero attached hydrogens (tertiary/aromatic N) is 2. The summed E-state index contributed by atoms with van der Waals surface area (Å²) < 4.78 is 1.36. The molecule has 0 saturated carbocycles. The fourth-order valence-corrected chi connectivity index (χ4v) is 1.73. The molecule has 6 heteroatoms. The number of hydrogen-bond donors (Lipinski definition) is 1. The molecule has 0 fully saturated rings. The van der Waals surface area contributed by atoms with E-state index in [2.05, 4.69) is 4.98 Å². The number of nitrogen functional groups attached to an aromatic ring is 1. The molecule has 0 aliphatic heterocycles. The largest absolute Gasteiger partial charge is 0.392 e. The van der Waals surface area contributed by atoms with Gasteiger partial charge in [-0.25, -0.2) is 4.98 Å². The maximum atomic E-state index is 11.8. The maximum absolute atomic E-state index is 11.8. The van der Waals surface area contributed by atoms with Crippen molar-refractivity contribution in [2.45, 2.75) is 6.54 Å². The van der Waals surface area contributed by atoms with Crippen LogP contribution in [0.5, 0.6) is 0 Å². The highest BCUT2D eigenvalue weighted by Crippen LogP contribution is 2.16. The summed E-state index contributed by atoms with van der Waals surface area (Å²) in [4.78, 5) is 15.6. The summed E-state index contributed by atoms with van der Waals surface area (Å²) in [6.45, 7) is 0.312. The van der Waals surface area contributed by atoms with Crippen LogP contribution >= 0.6 is 23.2 Å². The normalized spacial score (nSPS) is 10.5. The summed E-state index contributed by atoms with van der Waals surface area (Å²) in [5, 5.41) is 0.610. The van der Waals surface area contributed by atoms with Gasteiger partial charge in [-0.2, -0.15) is 0 Å². The van der Waals surface area contributed by atoms with E-state index >= 15 is 0 Å². The van der Waals surface area contributed by atoms with Gasteiger partial charge in [0.05, 0.1) is 12.9 Å². The maximum Gasteiger partial charge on any atom is 0.278 e. The van der Waals surface area contributed by atoms with Gasteiger partial charge >= 0.3 is 0 Å². The van der Waals surface area contributed by atoms with E-state index in [0.717, 1.165) is 5.56 Å². The average molecular weight is 270 g/mol. The van der Waals surface area contributed by atoms with Gasteiger partial charge in [0.2, 0.25) is 0 Å². The van der Waals surface area contributed by atoms with E-state index < -0.39 is 0 Å². The Morgan fingerprint density at radius 1 is 1.29 bits per heavy atom. The third-order valence-electron chi connectivity index (χ3n) is 2.32. The summed E-state index contributed by atoms with van der Waals surface area (Å²) in [5.74, 6) is 0. The lowest BCUT2D eigenvalue weighted by Gasteiger charge is -2.08. The van der Waals surface area contributed by atoms with E-state index in [4.69, 9.17) is 28.9 Å². The molecule has 0 radical (unpaired) electrons. The number of nitrogens with two attached hydrogens (primary N) is 1. The van der Waals surface area contributed by atoms with Crippen LogP contribution in [-0.4, -0.2) is 9.55 Å². The zero-order chi connectivity index (χ0) is 12.4. The molecular formula is C11H9Cl2N3O. The lowest BCUT2D eigenvalue weighted by atomic mass is 10.2. The first-order valence-corrected chi connectivity index (χ1v) is 5.59. The van der Waals surface area contributed by atoms with Crippen molar-refractivity contribution >= 4 is 28.9 Å². The Labute approximate surface area is 108 Å². The van der Waals surface area contributed by atoms with Crippen molar-refractivity contribution in [2.24, 2.45) is 0 Å². The SMILES string of the molecule is Nc1c(Cl)ncn(Cc2ccccc2Cl)c1=O. The van der Waals surface area contributed by atoms with E-state index in [9.17, 15) is 4.79 Å². The molecule has 0 aliphatic rings. The van der Waals surface area contributed by atoms with Gasteiger partial charge in [-0.3, -0.25) is 9.36 Å². The van der Waals surface area contributed by atoms with Crippen molar-refractivity contribution in [3.05, 3.63) is 56.7 Å². The Morgan fingerprint density at radius 2 is 2.00 bits per heavy atom. The molecule has 1 aromatic carbocycles. The zero-order valence-electron chi connectivity index (χ0n) is 8.73. The summed E-state index contributed by atoms with van der Waals surface area (Å²) in [6, 6.07) is 7.26. The standard InChI is InChI=1S/C11H9Cl2N3O/c12-8-4-2-1-3-7(8)5-16-6-15-10(13)9(14)11(16)17/h1-4,6H,5,14H2. The molecule has 1 aromatic heterocycles. The minimum atomic E-state index is -0.370. The van der Waals surface area contributed by atoms with Crippen LogP contribution in [0.15, 0.2) is 35.4 Å². The summed E-state index contributed by atoms with van der Waals surface area (Å²) in [7, 11) is 0. The molecular weight excluding hydrogens is 261 g/mol. The highest BCUT2D eigenvalue weighted by Gasteiger charge is 2.07. The average Bonchev–Trinajstić information content (AvgIpc) is 2.32. The number of aromatic nitrogens is 2. The second-order valence-electron chi connectivity index (χ2n) is 3.47. The predicted molar refractivity (Wildman–Crippen MR) is 68.5 cm³/mol. The van der Waals surface area contributed by atoms with E-state index in [0.29, 0.717) is 11.6 Å². The number of hydrogen-bond acceptors (Lipinski definition) is 3. The van der Waals surface area contributed by atoms with Gasteiger partial charge in [0.25, 0.3) is 5.56 Å². The Morgan fingerprint density at radius 3 is 2.71 bits per heavy atom. The number of benzene rings is 1. The van der Waals surface area contributed by atoms with Crippen LogP contribution in [0.2, 0.25) is 10.2 Å². The quantitative estimate of drug-likeness (QED) is 0.851. The molecule has 0 atom stereocenters. The highest BCUT2D eigenvalue weighted by atomic mass is 35.5. The fourth-order valence-electron chi connectivity index (χ4n) is 1.41. The first-order valence-electron chi connectivity index (χ1n) is 4.83. The molecule has 0 bridgehead atoms. The highest BCUT2D eigenvalue weighted by molar-refractivity contribution is 6.31. The third kappa shape index (κ3) is 2.43. The Balaban J connectivity index is 2.41. The van der Waals surface area contributed by atoms with Crippen LogP contribution in [0.3, 0.4) is 0 Å². The molecule has 0 aliphatic carbocycles. The van der Waals surface area contributed by atoms with E-state index in [1.807, 2.05) is 18.2 Å². The van der Waals surface area contributed by atoms with Gasteiger partial charge in [0.15, 0.2) is 5.15 Å². The zero-order valence-corrected chi connectivity index (χ0v) is 10.2. The second kappa shape index (κ2) is 4.77. The number of rotatable bonds is 2. The molecule has 88 valence electrons. The number of halogens is 2. The lowest BCUT2D eigenvalue weighted by Crippen LogP contribution is -2.24. The number of anilines is 1. The van der Waals surface area contributed by atoms with E-state index in [-0.39, 0.29) is 16.4 Å². The van der Waals surface area contributed by atoms with Crippen molar-refractivity contribution < 1.29 is 0 Å². The topological polar surface area (TPSA) is 60.9 Å². The monoisotopic (exact) mass is 269 g/mol. The molecule has 0 spiro atoms. The van der Waals surface area contributed by atoms with E-state index in [1.54, 1.807) is 6.07 Å². The minimum absolute atomic E-state index is 0.0189. The first kappa shape index (κ1) is 12.0. The summed E-state index contributed by atoms with van der Waals surface area (Å²) in [5.41, 5.74) is 5.91. The van der Waals surface area contributed by atoms with Crippen molar-refractivity contribution in [1.29, 1.82) is 0 Å². The van der Waals surface area contributed by atoms with Crippen LogP contribution in [0.1, 0.15) is 5.56 Å². The third-order valence-corrected chi connectivity index (χ3v) is 2.99. The second-order valence-corrected chi connectivity index (χ2v) is 4.24. The molecule has 17 heavy (non-hydrogen) atoms. The van der Waals surface area contributed by atoms with Crippen LogP contribution in [0, 0.1) is 0 Å². The molecule has 2 aromatic rings. The molecule has 2 rings (SSSR count). The van der Waals surface area contributed by atoms with Gasteiger partial charge < -0.3 is 5.73 Å². The van der Waals surface area contributed by atoms with Crippen molar-refractivity contribution in [1.82, 2.24) is 9.55 Å². The van der Waals surface area contributed by atoms with Crippen molar-refractivity contribution in [3.63, 3.8) is 0 Å².